The molecule has 0 aromatic heterocycles. The normalized spacial score (nSPS) is 12.4. The summed E-state index contributed by atoms with van der Waals surface area (Å²) in [5.74, 6) is 0. The van der Waals surface area contributed by atoms with Gasteiger partial charge in [0.05, 0.1) is 4.92 Å². The Hall–Kier alpha value is -1.62. The first-order valence-corrected chi connectivity index (χ1v) is 4.35. The van der Waals surface area contributed by atoms with Gasteiger partial charge in [-0.15, -0.1) is 0 Å². The van der Waals surface area contributed by atoms with Gasteiger partial charge in [0.1, 0.15) is 5.69 Å². The smallest absolute Gasteiger partial charge is 0.292 e. The van der Waals surface area contributed by atoms with Crippen molar-refractivity contribution in [1.82, 2.24) is 0 Å². The Bertz CT molecular complexity index is 352. The number of anilines is 1. The minimum atomic E-state index is -0.499. The fourth-order valence-corrected chi connectivity index (χ4v) is 1.19. The number of benzene rings is 1. The average Bonchev–Trinajstić information content (AvgIpc) is 2.17. The van der Waals surface area contributed by atoms with Crippen molar-refractivity contribution in [3.05, 3.63) is 33.9 Å². The van der Waals surface area contributed by atoms with Crippen molar-refractivity contribution < 1.29 is 4.92 Å². The Morgan fingerprint density at radius 2 is 2.21 bits per heavy atom. The molecule has 0 saturated heterocycles. The quantitative estimate of drug-likeness (QED) is 0.435. The topological polar surface area (TPSA) is 95.2 Å². The number of hydrogen-bond donors (Lipinski definition) is 2. The average molecular weight is 195 g/mol. The zero-order chi connectivity index (χ0) is 10.7. The van der Waals surface area contributed by atoms with Crippen LogP contribution in [0, 0.1) is 10.1 Å². The highest BCUT2D eigenvalue weighted by atomic mass is 16.6. The fraction of sp³-hybridized carbons (Fsp3) is 0.333. The van der Waals surface area contributed by atoms with Gasteiger partial charge in [0.25, 0.3) is 5.69 Å². The third-order valence-corrected chi connectivity index (χ3v) is 2.12. The molecule has 0 radical (unpaired) electrons. The van der Waals surface area contributed by atoms with Crippen molar-refractivity contribution in [2.45, 2.75) is 19.4 Å². The standard InChI is InChI=1S/C9H13N3O2/c1-2-7(10)6-3-4-8(11)9(5-6)12(13)14/h3-5,7H,2,10-11H2,1H3/t7-/m0/s1. The molecule has 5 heteroatoms. The van der Waals surface area contributed by atoms with Crippen LogP contribution in [0.2, 0.25) is 0 Å². The molecule has 0 heterocycles. The van der Waals surface area contributed by atoms with Crippen molar-refractivity contribution in [2.75, 3.05) is 5.73 Å². The fourth-order valence-electron chi connectivity index (χ4n) is 1.19. The predicted molar refractivity (Wildman–Crippen MR) is 54.7 cm³/mol. The van der Waals surface area contributed by atoms with Crippen molar-refractivity contribution in [3.63, 3.8) is 0 Å². The monoisotopic (exact) mass is 195 g/mol. The predicted octanol–water partition coefficient (Wildman–Crippen LogP) is 1.59. The van der Waals surface area contributed by atoms with E-state index in [4.69, 9.17) is 11.5 Å². The maximum absolute atomic E-state index is 10.6. The van der Waals surface area contributed by atoms with Crippen LogP contribution in [0.25, 0.3) is 0 Å². The van der Waals surface area contributed by atoms with Gasteiger partial charge in [0, 0.05) is 12.1 Å². The molecule has 1 atom stereocenters. The molecular formula is C9H13N3O2. The Kier molecular flexibility index (Phi) is 3.03. The Labute approximate surface area is 81.9 Å². The van der Waals surface area contributed by atoms with E-state index in [1.165, 1.54) is 12.1 Å². The van der Waals surface area contributed by atoms with Gasteiger partial charge in [-0.25, -0.2) is 0 Å². The number of nitrogens with zero attached hydrogens (tertiary/aromatic N) is 1. The van der Waals surface area contributed by atoms with Gasteiger partial charge in [-0.1, -0.05) is 13.0 Å². The van der Waals surface area contributed by atoms with Crippen LogP contribution in [-0.2, 0) is 0 Å². The molecular weight excluding hydrogens is 182 g/mol. The summed E-state index contributed by atoms with van der Waals surface area (Å²) >= 11 is 0. The number of nitrogens with two attached hydrogens (primary N) is 2. The van der Waals surface area contributed by atoms with Crippen LogP contribution in [0.15, 0.2) is 18.2 Å². The number of rotatable bonds is 3. The van der Waals surface area contributed by atoms with E-state index < -0.39 is 4.92 Å². The molecule has 5 nitrogen and oxygen atoms in total. The molecule has 14 heavy (non-hydrogen) atoms. The van der Waals surface area contributed by atoms with E-state index >= 15 is 0 Å². The lowest BCUT2D eigenvalue weighted by Gasteiger charge is -2.08. The minimum absolute atomic E-state index is 0.0774. The molecule has 1 aromatic rings. The van der Waals surface area contributed by atoms with Crippen molar-refractivity contribution in [1.29, 1.82) is 0 Å². The molecule has 0 amide bonds. The van der Waals surface area contributed by atoms with Gasteiger partial charge < -0.3 is 11.5 Å². The maximum atomic E-state index is 10.6. The maximum Gasteiger partial charge on any atom is 0.292 e. The highest BCUT2D eigenvalue weighted by molar-refractivity contribution is 5.59. The van der Waals surface area contributed by atoms with Crippen molar-refractivity contribution >= 4 is 11.4 Å². The second-order valence-electron chi connectivity index (χ2n) is 3.09. The SMILES string of the molecule is CC[C@H](N)c1ccc(N)c([N+](=O)[O-])c1. The second kappa shape index (κ2) is 4.06. The second-order valence-corrected chi connectivity index (χ2v) is 3.09. The zero-order valence-corrected chi connectivity index (χ0v) is 7.93. The molecule has 0 aliphatic carbocycles. The van der Waals surface area contributed by atoms with Gasteiger partial charge in [-0.2, -0.15) is 0 Å². The lowest BCUT2D eigenvalue weighted by molar-refractivity contribution is -0.384. The van der Waals surface area contributed by atoms with E-state index in [9.17, 15) is 10.1 Å². The van der Waals surface area contributed by atoms with E-state index in [1.54, 1.807) is 6.07 Å². The van der Waals surface area contributed by atoms with Crippen molar-refractivity contribution in [2.24, 2.45) is 5.73 Å². The van der Waals surface area contributed by atoms with Crippen LogP contribution in [0.3, 0.4) is 0 Å². The summed E-state index contributed by atoms with van der Waals surface area (Å²) in [6.45, 7) is 1.92. The highest BCUT2D eigenvalue weighted by Crippen LogP contribution is 2.25. The number of nitrogen functional groups attached to an aromatic ring is 1. The highest BCUT2D eigenvalue weighted by Gasteiger charge is 2.14. The van der Waals surface area contributed by atoms with Crippen LogP contribution < -0.4 is 11.5 Å². The largest absolute Gasteiger partial charge is 0.393 e. The summed E-state index contributed by atoms with van der Waals surface area (Å²) in [4.78, 5) is 10.1. The van der Waals surface area contributed by atoms with Crippen LogP contribution in [0.1, 0.15) is 24.9 Å². The molecule has 0 spiro atoms. The van der Waals surface area contributed by atoms with Crippen LogP contribution in [-0.4, -0.2) is 4.92 Å². The molecule has 0 fully saturated rings. The summed E-state index contributed by atoms with van der Waals surface area (Å²) in [7, 11) is 0. The van der Waals surface area contributed by atoms with Crippen LogP contribution >= 0.6 is 0 Å². The molecule has 1 aromatic carbocycles. The number of hydrogen-bond acceptors (Lipinski definition) is 4. The number of nitro benzene ring substituents is 1. The molecule has 76 valence electrons. The Morgan fingerprint density at radius 1 is 1.57 bits per heavy atom. The molecule has 0 bridgehead atoms. The summed E-state index contributed by atoms with van der Waals surface area (Å²) in [6.07, 6.45) is 0.737. The Balaban J connectivity index is 3.12. The molecule has 4 N–H and O–H groups in total. The lowest BCUT2D eigenvalue weighted by Crippen LogP contribution is -2.09. The Morgan fingerprint density at radius 3 is 2.71 bits per heavy atom. The third kappa shape index (κ3) is 2.00. The molecule has 1 rings (SSSR count). The third-order valence-electron chi connectivity index (χ3n) is 2.12. The van der Waals surface area contributed by atoms with Gasteiger partial charge in [0.15, 0.2) is 0 Å². The molecule has 0 unspecified atom stereocenters. The first-order chi connectivity index (χ1) is 6.56. The van der Waals surface area contributed by atoms with E-state index in [1.807, 2.05) is 6.92 Å². The van der Waals surface area contributed by atoms with Crippen molar-refractivity contribution in [3.8, 4) is 0 Å². The van der Waals surface area contributed by atoms with E-state index in [-0.39, 0.29) is 17.4 Å². The van der Waals surface area contributed by atoms with Crippen LogP contribution in [0.5, 0.6) is 0 Å². The first kappa shape index (κ1) is 10.5. The number of nitro groups is 1. The minimum Gasteiger partial charge on any atom is -0.393 e. The molecule has 0 saturated carbocycles. The van der Waals surface area contributed by atoms with E-state index in [0.29, 0.717) is 0 Å². The molecule has 0 aliphatic rings. The van der Waals surface area contributed by atoms with Crippen LogP contribution in [0.4, 0.5) is 11.4 Å². The lowest BCUT2D eigenvalue weighted by atomic mass is 10.0. The zero-order valence-electron chi connectivity index (χ0n) is 7.93. The summed E-state index contributed by atoms with van der Waals surface area (Å²) in [5.41, 5.74) is 12.0. The van der Waals surface area contributed by atoms with E-state index in [0.717, 1.165) is 12.0 Å². The van der Waals surface area contributed by atoms with Gasteiger partial charge in [-0.05, 0) is 18.1 Å². The summed E-state index contributed by atoms with van der Waals surface area (Å²) in [5, 5.41) is 10.6. The summed E-state index contributed by atoms with van der Waals surface area (Å²) in [6, 6.07) is 4.50. The van der Waals surface area contributed by atoms with Gasteiger partial charge in [-0.3, -0.25) is 10.1 Å². The van der Waals surface area contributed by atoms with Gasteiger partial charge >= 0.3 is 0 Å². The molecule has 0 aliphatic heterocycles. The first-order valence-electron chi connectivity index (χ1n) is 4.35. The van der Waals surface area contributed by atoms with Gasteiger partial charge in [0.2, 0.25) is 0 Å². The summed E-state index contributed by atoms with van der Waals surface area (Å²) < 4.78 is 0. The van der Waals surface area contributed by atoms with E-state index in [2.05, 4.69) is 0 Å².